The molecule has 0 saturated heterocycles. The van der Waals surface area contributed by atoms with Crippen LogP contribution in [0.4, 0.5) is 0 Å². The Morgan fingerprint density at radius 1 is 1.30 bits per heavy atom. The molecule has 104 valence electrons. The first kappa shape index (κ1) is 14.7. The van der Waals surface area contributed by atoms with Crippen LogP contribution in [0.5, 0.6) is 0 Å². The first-order chi connectivity index (χ1) is 9.67. The first-order valence-electron chi connectivity index (χ1n) is 5.99. The number of benzene rings is 1. The maximum absolute atomic E-state index is 12.4. The lowest BCUT2D eigenvalue weighted by Crippen LogP contribution is -2.03. The van der Waals surface area contributed by atoms with Crippen LogP contribution in [-0.2, 0) is 4.74 Å². The van der Waals surface area contributed by atoms with Gasteiger partial charge in [0, 0.05) is 5.56 Å². The van der Waals surface area contributed by atoms with Gasteiger partial charge in [-0.05, 0) is 13.2 Å². The quantitative estimate of drug-likeness (QED) is 0.482. The van der Waals surface area contributed by atoms with E-state index < -0.39 is 5.97 Å². The zero-order chi connectivity index (χ0) is 14.5. The number of aromatic nitrogens is 1. The van der Waals surface area contributed by atoms with Gasteiger partial charge < -0.3 is 4.74 Å². The van der Waals surface area contributed by atoms with E-state index in [-0.39, 0.29) is 17.4 Å². The van der Waals surface area contributed by atoms with Crippen molar-refractivity contribution >= 4 is 34.9 Å². The maximum Gasteiger partial charge on any atom is 0.367 e. The minimum absolute atomic E-state index is 0.122. The number of carbonyl (C=O) groups excluding carboxylic acids is 2. The van der Waals surface area contributed by atoms with Crippen molar-refractivity contribution in [1.29, 1.82) is 0 Å². The second-order valence-corrected chi connectivity index (χ2v) is 5.57. The molecule has 2 aromatic rings. The molecule has 0 radical (unpaired) electrons. The van der Waals surface area contributed by atoms with Crippen molar-refractivity contribution in [3.63, 3.8) is 0 Å². The van der Waals surface area contributed by atoms with Gasteiger partial charge >= 0.3 is 5.97 Å². The van der Waals surface area contributed by atoms with Gasteiger partial charge in [-0.2, -0.15) is 0 Å². The zero-order valence-corrected chi connectivity index (χ0v) is 12.7. The Bertz CT molecular complexity index is 623. The van der Waals surface area contributed by atoms with Gasteiger partial charge in [-0.3, -0.25) is 4.79 Å². The third kappa shape index (κ3) is 3.08. The molecule has 0 aliphatic rings. The van der Waals surface area contributed by atoms with Crippen molar-refractivity contribution in [1.82, 2.24) is 4.98 Å². The number of hydrogen-bond donors (Lipinski definition) is 0. The van der Waals surface area contributed by atoms with Crippen LogP contribution in [0.25, 0.3) is 0 Å². The van der Waals surface area contributed by atoms with E-state index in [4.69, 9.17) is 4.74 Å². The molecule has 4 nitrogen and oxygen atoms in total. The van der Waals surface area contributed by atoms with Gasteiger partial charge in [0.25, 0.3) is 0 Å². The molecule has 20 heavy (non-hydrogen) atoms. The van der Waals surface area contributed by atoms with Crippen LogP contribution in [0.15, 0.2) is 35.4 Å². The van der Waals surface area contributed by atoms with Gasteiger partial charge in [0.2, 0.25) is 10.8 Å². The summed E-state index contributed by atoms with van der Waals surface area (Å²) in [6.07, 6.45) is 1.83. The molecule has 0 N–H and O–H groups in total. The molecule has 0 fully saturated rings. The largest absolute Gasteiger partial charge is 0.461 e. The van der Waals surface area contributed by atoms with Gasteiger partial charge in [0.05, 0.1) is 6.61 Å². The van der Waals surface area contributed by atoms with Crippen LogP contribution in [-0.4, -0.2) is 29.6 Å². The second kappa shape index (κ2) is 6.67. The highest BCUT2D eigenvalue weighted by atomic mass is 32.2. The van der Waals surface area contributed by atoms with Crippen LogP contribution < -0.4 is 0 Å². The number of nitrogens with zero attached hydrogens (tertiary/aromatic N) is 1. The Morgan fingerprint density at radius 3 is 2.60 bits per heavy atom. The first-order valence-corrected chi connectivity index (χ1v) is 8.03. The van der Waals surface area contributed by atoms with Crippen LogP contribution in [0.1, 0.15) is 32.0 Å². The van der Waals surface area contributed by atoms with E-state index in [1.54, 1.807) is 31.2 Å². The number of esters is 1. The highest BCUT2D eigenvalue weighted by Crippen LogP contribution is 2.28. The average Bonchev–Trinajstić information content (AvgIpc) is 2.92. The molecule has 0 unspecified atom stereocenters. The van der Waals surface area contributed by atoms with E-state index in [2.05, 4.69) is 4.98 Å². The summed E-state index contributed by atoms with van der Waals surface area (Å²) in [5, 5.41) is 0.780. The topological polar surface area (TPSA) is 56.3 Å². The lowest BCUT2D eigenvalue weighted by molar-refractivity contribution is 0.0525. The molecule has 2 rings (SSSR count). The summed E-state index contributed by atoms with van der Waals surface area (Å²) in [6, 6.07) is 8.95. The maximum atomic E-state index is 12.4. The summed E-state index contributed by atoms with van der Waals surface area (Å²) < 4.78 is 4.91. The summed E-state index contributed by atoms with van der Waals surface area (Å²) in [5.41, 5.74) is 0.585. The van der Waals surface area contributed by atoms with Crippen molar-refractivity contribution in [2.24, 2.45) is 0 Å². The summed E-state index contributed by atoms with van der Waals surface area (Å²) in [6.45, 7) is 2.02. The predicted octanol–water partition coefficient (Wildman–Crippen LogP) is 3.27. The lowest BCUT2D eigenvalue weighted by Gasteiger charge is -1.98. The van der Waals surface area contributed by atoms with E-state index in [9.17, 15) is 9.59 Å². The minimum Gasteiger partial charge on any atom is -0.461 e. The van der Waals surface area contributed by atoms with Crippen LogP contribution >= 0.6 is 23.1 Å². The molecule has 0 bridgehead atoms. The van der Waals surface area contributed by atoms with Crippen LogP contribution in [0.2, 0.25) is 0 Å². The molecule has 1 aromatic heterocycles. The molecule has 0 aliphatic carbocycles. The lowest BCUT2D eigenvalue weighted by atomic mass is 10.1. The molecule has 0 aliphatic heterocycles. The summed E-state index contributed by atoms with van der Waals surface area (Å²) >= 11 is 2.42. The highest BCUT2D eigenvalue weighted by Gasteiger charge is 2.22. The fourth-order valence-electron chi connectivity index (χ4n) is 1.59. The number of carbonyl (C=O) groups is 2. The third-order valence-electron chi connectivity index (χ3n) is 2.48. The number of thioether (sulfide) groups is 1. The Kier molecular flexibility index (Phi) is 4.92. The van der Waals surface area contributed by atoms with E-state index in [1.807, 2.05) is 12.3 Å². The van der Waals surface area contributed by atoms with Gasteiger partial charge in [-0.15, -0.1) is 23.1 Å². The minimum atomic E-state index is -0.486. The monoisotopic (exact) mass is 307 g/mol. The Hall–Kier alpha value is -1.66. The number of ketones is 1. The smallest absolute Gasteiger partial charge is 0.367 e. The number of ether oxygens (including phenoxy) is 1. The Morgan fingerprint density at radius 2 is 2.00 bits per heavy atom. The van der Waals surface area contributed by atoms with Crippen molar-refractivity contribution in [2.75, 3.05) is 12.9 Å². The normalized spacial score (nSPS) is 10.3. The third-order valence-corrected chi connectivity index (χ3v) is 4.33. The van der Waals surface area contributed by atoms with Gasteiger partial charge in [0.1, 0.15) is 9.90 Å². The Labute approximate surface area is 125 Å². The van der Waals surface area contributed by atoms with Crippen molar-refractivity contribution in [2.45, 2.75) is 11.9 Å². The molecule has 0 saturated carbocycles. The standard InChI is InChI=1S/C14H13NO3S2/c1-3-18-14(17)13-15-12(19-2)11(20-13)10(16)9-7-5-4-6-8-9/h4-8H,3H2,1-2H3. The van der Waals surface area contributed by atoms with E-state index in [0.717, 1.165) is 11.3 Å². The Balaban J connectivity index is 2.36. The van der Waals surface area contributed by atoms with E-state index in [1.165, 1.54) is 11.8 Å². The zero-order valence-electron chi connectivity index (χ0n) is 11.1. The predicted molar refractivity (Wildman–Crippen MR) is 79.7 cm³/mol. The average molecular weight is 307 g/mol. The molecule has 0 amide bonds. The summed E-state index contributed by atoms with van der Waals surface area (Å²) in [5.74, 6) is -0.608. The molecule has 1 aromatic carbocycles. The fourth-order valence-corrected chi connectivity index (χ4v) is 3.30. The summed E-state index contributed by atoms with van der Waals surface area (Å²) in [7, 11) is 0. The van der Waals surface area contributed by atoms with E-state index >= 15 is 0 Å². The molecule has 0 atom stereocenters. The molecular weight excluding hydrogens is 294 g/mol. The van der Waals surface area contributed by atoms with Crippen LogP contribution in [0, 0.1) is 0 Å². The number of thiazole rings is 1. The van der Waals surface area contributed by atoms with Gasteiger partial charge in [-0.1, -0.05) is 30.3 Å². The van der Waals surface area contributed by atoms with Crippen molar-refractivity contribution < 1.29 is 14.3 Å². The molecular formula is C14H13NO3S2. The SMILES string of the molecule is CCOC(=O)c1nc(SC)c(C(=O)c2ccccc2)s1. The van der Waals surface area contributed by atoms with Crippen molar-refractivity contribution in [3.05, 3.63) is 45.8 Å². The summed E-state index contributed by atoms with van der Waals surface area (Å²) in [4.78, 5) is 28.8. The van der Waals surface area contributed by atoms with Gasteiger partial charge in [-0.25, -0.2) is 9.78 Å². The molecule has 0 spiro atoms. The van der Waals surface area contributed by atoms with E-state index in [0.29, 0.717) is 15.5 Å². The van der Waals surface area contributed by atoms with Crippen LogP contribution in [0.3, 0.4) is 0 Å². The second-order valence-electron chi connectivity index (χ2n) is 3.77. The highest BCUT2D eigenvalue weighted by molar-refractivity contribution is 7.98. The number of rotatable bonds is 5. The molecule has 1 heterocycles. The fraction of sp³-hybridized carbons (Fsp3) is 0.214. The van der Waals surface area contributed by atoms with Crippen molar-refractivity contribution in [3.8, 4) is 0 Å². The number of hydrogen-bond acceptors (Lipinski definition) is 6. The molecule has 6 heteroatoms. The van der Waals surface area contributed by atoms with Gasteiger partial charge in [0.15, 0.2) is 0 Å².